The molecule has 0 heterocycles. The van der Waals surface area contributed by atoms with Crippen molar-refractivity contribution in [2.24, 2.45) is 5.73 Å². The Morgan fingerprint density at radius 1 is 1.19 bits per heavy atom. The van der Waals surface area contributed by atoms with Gasteiger partial charge in [0.2, 0.25) is 0 Å². The van der Waals surface area contributed by atoms with Crippen LogP contribution >= 0.6 is 0 Å². The molecular formula is C13H20FNO. The van der Waals surface area contributed by atoms with Gasteiger partial charge >= 0.3 is 0 Å². The highest BCUT2D eigenvalue weighted by Crippen LogP contribution is 2.21. The van der Waals surface area contributed by atoms with E-state index in [-0.39, 0.29) is 11.4 Å². The molecule has 0 saturated carbocycles. The smallest absolute Gasteiger partial charge is 0.123 e. The number of ether oxygens (including phenoxy) is 1. The molecule has 16 heavy (non-hydrogen) atoms. The van der Waals surface area contributed by atoms with Gasteiger partial charge in [-0.2, -0.15) is 0 Å². The fraction of sp³-hybridized carbons (Fsp3) is 0.538. The van der Waals surface area contributed by atoms with Gasteiger partial charge in [0.25, 0.3) is 0 Å². The van der Waals surface area contributed by atoms with E-state index in [0.29, 0.717) is 13.2 Å². The van der Waals surface area contributed by atoms with E-state index in [9.17, 15) is 4.39 Å². The SMILES string of the molecule is CCC(CC)(CN)OCc1ccc(F)cc1. The van der Waals surface area contributed by atoms with Crippen LogP contribution in [-0.4, -0.2) is 12.1 Å². The number of nitrogens with two attached hydrogens (primary N) is 1. The second-order valence-electron chi connectivity index (χ2n) is 4.01. The van der Waals surface area contributed by atoms with Crippen molar-refractivity contribution in [1.29, 1.82) is 0 Å². The minimum atomic E-state index is -0.242. The molecule has 2 nitrogen and oxygen atoms in total. The Bertz CT molecular complexity index is 298. The summed E-state index contributed by atoms with van der Waals surface area (Å²) in [5, 5.41) is 0. The predicted octanol–water partition coefficient (Wildman–Crippen LogP) is 2.86. The van der Waals surface area contributed by atoms with Gasteiger partial charge in [-0.1, -0.05) is 26.0 Å². The molecule has 0 atom stereocenters. The van der Waals surface area contributed by atoms with E-state index in [2.05, 4.69) is 13.8 Å². The topological polar surface area (TPSA) is 35.2 Å². The molecule has 0 aliphatic heterocycles. The zero-order valence-electron chi connectivity index (χ0n) is 10.0. The molecule has 1 aromatic carbocycles. The monoisotopic (exact) mass is 225 g/mol. The summed E-state index contributed by atoms with van der Waals surface area (Å²) in [6.45, 7) is 5.14. The zero-order valence-corrected chi connectivity index (χ0v) is 10.0. The van der Waals surface area contributed by atoms with E-state index in [1.54, 1.807) is 12.1 Å². The third-order valence-corrected chi connectivity index (χ3v) is 3.12. The van der Waals surface area contributed by atoms with Gasteiger partial charge in [0.15, 0.2) is 0 Å². The molecule has 0 fully saturated rings. The van der Waals surface area contributed by atoms with Crippen LogP contribution in [0.5, 0.6) is 0 Å². The number of hydrogen-bond donors (Lipinski definition) is 1. The van der Waals surface area contributed by atoms with Gasteiger partial charge in [-0.15, -0.1) is 0 Å². The molecule has 0 aromatic heterocycles. The molecule has 0 saturated heterocycles. The molecule has 3 heteroatoms. The van der Waals surface area contributed by atoms with E-state index in [4.69, 9.17) is 10.5 Å². The van der Waals surface area contributed by atoms with Crippen molar-refractivity contribution in [3.05, 3.63) is 35.6 Å². The first kappa shape index (κ1) is 13.1. The van der Waals surface area contributed by atoms with E-state index in [1.807, 2.05) is 0 Å². The average molecular weight is 225 g/mol. The molecule has 2 N–H and O–H groups in total. The Kier molecular flexibility index (Phi) is 4.90. The van der Waals surface area contributed by atoms with Crippen molar-refractivity contribution < 1.29 is 9.13 Å². The fourth-order valence-electron chi connectivity index (χ4n) is 1.62. The summed E-state index contributed by atoms with van der Waals surface area (Å²) in [5.41, 5.74) is 6.46. The summed E-state index contributed by atoms with van der Waals surface area (Å²) in [7, 11) is 0. The van der Waals surface area contributed by atoms with Crippen LogP contribution in [0.1, 0.15) is 32.3 Å². The Balaban J connectivity index is 2.58. The number of rotatable bonds is 6. The Morgan fingerprint density at radius 3 is 2.19 bits per heavy atom. The van der Waals surface area contributed by atoms with Crippen LogP contribution in [0.25, 0.3) is 0 Å². The van der Waals surface area contributed by atoms with Crippen LogP contribution in [0, 0.1) is 5.82 Å². The largest absolute Gasteiger partial charge is 0.369 e. The normalized spacial score (nSPS) is 11.8. The molecule has 1 aromatic rings. The highest BCUT2D eigenvalue weighted by atomic mass is 19.1. The first-order valence-corrected chi connectivity index (χ1v) is 5.74. The standard InChI is InChI=1S/C13H20FNO/c1-3-13(4-2,10-15)16-9-11-5-7-12(14)8-6-11/h5-8H,3-4,9-10,15H2,1-2H3. The second kappa shape index (κ2) is 5.97. The number of benzene rings is 1. The minimum Gasteiger partial charge on any atom is -0.369 e. The van der Waals surface area contributed by atoms with Gasteiger partial charge < -0.3 is 10.5 Å². The van der Waals surface area contributed by atoms with Gasteiger partial charge in [-0.3, -0.25) is 0 Å². The van der Waals surface area contributed by atoms with Crippen molar-refractivity contribution >= 4 is 0 Å². The summed E-state index contributed by atoms with van der Waals surface area (Å²) >= 11 is 0. The first-order valence-electron chi connectivity index (χ1n) is 5.74. The van der Waals surface area contributed by atoms with Crippen LogP contribution in [0.3, 0.4) is 0 Å². The highest BCUT2D eigenvalue weighted by Gasteiger charge is 2.24. The molecule has 1 rings (SSSR count). The maximum Gasteiger partial charge on any atom is 0.123 e. The van der Waals surface area contributed by atoms with Crippen LogP contribution in [0.4, 0.5) is 4.39 Å². The van der Waals surface area contributed by atoms with Gasteiger partial charge in [0.05, 0.1) is 12.2 Å². The quantitative estimate of drug-likeness (QED) is 0.808. The van der Waals surface area contributed by atoms with E-state index in [0.717, 1.165) is 18.4 Å². The molecule has 0 bridgehead atoms. The lowest BCUT2D eigenvalue weighted by atomic mass is 9.97. The molecule has 0 radical (unpaired) electrons. The minimum absolute atomic E-state index is 0.222. The summed E-state index contributed by atoms with van der Waals surface area (Å²) in [6.07, 6.45) is 1.78. The molecule has 0 aliphatic carbocycles. The van der Waals surface area contributed by atoms with Crippen molar-refractivity contribution in [2.45, 2.75) is 38.9 Å². The second-order valence-corrected chi connectivity index (χ2v) is 4.01. The van der Waals surface area contributed by atoms with Crippen molar-refractivity contribution in [3.63, 3.8) is 0 Å². The predicted molar refractivity (Wildman–Crippen MR) is 63.6 cm³/mol. The third-order valence-electron chi connectivity index (χ3n) is 3.12. The number of hydrogen-bond acceptors (Lipinski definition) is 2. The van der Waals surface area contributed by atoms with Crippen LogP contribution in [-0.2, 0) is 11.3 Å². The first-order chi connectivity index (χ1) is 7.65. The van der Waals surface area contributed by atoms with E-state index in [1.165, 1.54) is 12.1 Å². The van der Waals surface area contributed by atoms with Crippen LogP contribution in [0.15, 0.2) is 24.3 Å². The summed E-state index contributed by atoms with van der Waals surface area (Å²) in [5.74, 6) is -0.222. The average Bonchev–Trinajstić information content (AvgIpc) is 2.34. The van der Waals surface area contributed by atoms with Gasteiger partial charge in [0, 0.05) is 6.54 Å². The maximum absolute atomic E-state index is 12.7. The van der Waals surface area contributed by atoms with Crippen molar-refractivity contribution in [3.8, 4) is 0 Å². The van der Waals surface area contributed by atoms with E-state index < -0.39 is 0 Å². The van der Waals surface area contributed by atoms with Gasteiger partial charge in [0.1, 0.15) is 5.82 Å². The number of halogens is 1. The molecule has 0 spiro atoms. The fourth-order valence-corrected chi connectivity index (χ4v) is 1.62. The molecule has 0 aliphatic rings. The Morgan fingerprint density at radius 2 is 1.75 bits per heavy atom. The molecule has 90 valence electrons. The Labute approximate surface area is 96.6 Å². The van der Waals surface area contributed by atoms with Crippen molar-refractivity contribution in [2.75, 3.05) is 6.54 Å². The lowest BCUT2D eigenvalue weighted by molar-refractivity contribution is -0.0553. The summed E-state index contributed by atoms with van der Waals surface area (Å²) < 4.78 is 18.6. The lowest BCUT2D eigenvalue weighted by Crippen LogP contribution is -2.39. The van der Waals surface area contributed by atoms with E-state index >= 15 is 0 Å². The lowest BCUT2D eigenvalue weighted by Gasteiger charge is -2.30. The summed E-state index contributed by atoms with van der Waals surface area (Å²) in [6, 6.07) is 6.37. The van der Waals surface area contributed by atoms with Crippen LogP contribution < -0.4 is 5.73 Å². The van der Waals surface area contributed by atoms with Gasteiger partial charge in [-0.05, 0) is 30.5 Å². The van der Waals surface area contributed by atoms with Crippen molar-refractivity contribution in [1.82, 2.24) is 0 Å². The Hall–Kier alpha value is -0.930. The van der Waals surface area contributed by atoms with Crippen LogP contribution in [0.2, 0.25) is 0 Å². The zero-order chi connectivity index (χ0) is 12.0. The third kappa shape index (κ3) is 3.29. The maximum atomic E-state index is 12.7. The molecule has 0 amide bonds. The highest BCUT2D eigenvalue weighted by molar-refractivity contribution is 5.15. The van der Waals surface area contributed by atoms with Gasteiger partial charge in [-0.25, -0.2) is 4.39 Å². The molecule has 0 unspecified atom stereocenters. The summed E-state index contributed by atoms with van der Waals surface area (Å²) in [4.78, 5) is 0. The molecular weight excluding hydrogens is 205 g/mol.